The molecule has 4 saturated carbocycles. The van der Waals surface area contributed by atoms with E-state index in [4.69, 9.17) is 0 Å². The fourth-order valence-electron chi connectivity index (χ4n) is 7.13. The van der Waals surface area contributed by atoms with E-state index in [1.165, 1.54) is 13.5 Å². The number of hydrogen-bond donors (Lipinski definition) is 1. The van der Waals surface area contributed by atoms with Crippen LogP contribution in [0.15, 0.2) is 0 Å². The van der Waals surface area contributed by atoms with Crippen molar-refractivity contribution in [3.05, 3.63) is 0 Å². The maximum absolute atomic E-state index is 12.9. The molecule has 4 fully saturated rings. The van der Waals surface area contributed by atoms with Gasteiger partial charge < -0.3 is 9.84 Å². The molecular formula is C23H34F6O3. The zero-order chi connectivity index (χ0) is 24.3. The van der Waals surface area contributed by atoms with Crippen LogP contribution >= 0.6 is 0 Å². The normalized spacial score (nSPS) is 36.0. The van der Waals surface area contributed by atoms with E-state index in [1.807, 2.05) is 20.8 Å². The fraction of sp³-hybridized carbons (Fsp3) is 0.957. The zero-order valence-electron chi connectivity index (χ0n) is 19.0. The first kappa shape index (κ1) is 25.6. The van der Waals surface area contributed by atoms with Crippen molar-refractivity contribution in [3.8, 4) is 0 Å². The summed E-state index contributed by atoms with van der Waals surface area (Å²) in [4.78, 5) is 10.8. The maximum Gasteiger partial charge on any atom is 0.426 e. The number of carbonyl (C=O) groups is 1. The maximum atomic E-state index is 12.9. The Labute approximate surface area is 185 Å². The number of carbonyl (C=O) groups excluding carboxylic acids is 1. The van der Waals surface area contributed by atoms with Crippen molar-refractivity contribution in [2.45, 2.75) is 83.7 Å². The van der Waals surface area contributed by atoms with Gasteiger partial charge in [0.1, 0.15) is 0 Å². The minimum Gasteiger partial charge on any atom is -0.469 e. The summed E-state index contributed by atoms with van der Waals surface area (Å²) < 4.78 is 82.2. The van der Waals surface area contributed by atoms with E-state index in [0.717, 1.165) is 25.7 Å². The van der Waals surface area contributed by atoms with Gasteiger partial charge in [-0.3, -0.25) is 4.79 Å². The van der Waals surface area contributed by atoms with Crippen molar-refractivity contribution >= 4 is 5.97 Å². The molecule has 0 spiro atoms. The zero-order valence-corrected chi connectivity index (χ0v) is 19.0. The molecule has 186 valence electrons. The van der Waals surface area contributed by atoms with Gasteiger partial charge in [-0.25, -0.2) is 0 Å². The number of fused-ring (bicyclic) bond motifs is 9. The van der Waals surface area contributed by atoms with Gasteiger partial charge in [-0.2, -0.15) is 26.3 Å². The third kappa shape index (κ3) is 4.16. The Morgan fingerprint density at radius 2 is 1.44 bits per heavy atom. The van der Waals surface area contributed by atoms with E-state index in [-0.39, 0.29) is 23.2 Å². The lowest BCUT2D eigenvalue weighted by molar-refractivity contribution is -0.373. The van der Waals surface area contributed by atoms with Gasteiger partial charge in [0.05, 0.1) is 12.5 Å². The van der Waals surface area contributed by atoms with Crippen LogP contribution in [0.3, 0.4) is 0 Å². The lowest BCUT2D eigenvalue weighted by atomic mass is 9.65. The summed E-state index contributed by atoms with van der Waals surface area (Å²) in [5.41, 5.74) is -4.88. The summed E-state index contributed by atoms with van der Waals surface area (Å²) in [6.07, 6.45) is -7.22. The van der Waals surface area contributed by atoms with Gasteiger partial charge in [-0.15, -0.1) is 0 Å². The molecule has 1 N–H and O–H groups in total. The molecule has 4 rings (SSSR count). The van der Waals surface area contributed by atoms with Crippen molar-refractivity contribution in [1.29, 1.82) is 0 Å². The standard InChI is InChI=1S/C16H20F6O.C7H14O2/c17-15(18,19)14(23,16(20,21)22)6-10-4-9-5-11(10)13-8-2-1-7(3-8)12(9)13;1-5-7(2,3)6(8)9-4/h7-13,23H,1-6H2;5H2,1-4H3. The highest BCUT2D eigenvalue weighted by molar-refractivity contribution is 5.75. The Kier molecular flexibility index (Phi) is 6.68. The van der Waals surface area contributed by atoms with Crippen LogP contribution in [0, 0.1) is 46.8 Å². The highest BCUT2D eigenvalue weighted by Crippen LogP contribution is 2.70. The van der Waals surface area contributed by atoms with Crippen molar-refractivity contribution in [2.75, 3.05) is 7.11 Å². The molecule has 7 atom stereocenters. The Balaban J connectivity index is 0.000000275. The molecule has 3 nitrogen and oxygen atoms in total. The van der Waals surface area contributed by atoms with E-state index in [2.05, 4.69) is 4.74 Å². The van der Waals surface area contributed by atoms with Gasteiger partial charge >= 0.3 is 18.3 Å². The van der Waals surface area contributed by atoms with Gasteiger partial charge in [-0.1, -0.05) is 6.92 Å². The van der Waals surface area contributed by atoms with E-state index >= 15 is 0 Å². The van der Waals surface area contributed by atoms with Gasteiger partial charge in [-0.05, 0) is 100 Å². The third-order valence-corrected chi connectivity index (χ3v) is 8.99. The van der Waals surface area contributed by atoms with Crippen LogP contribution in [0.4, 0.5) is 26.3 Å². The molecule has 0 heterocycles. The molecule has 32 heavy (non-hydrogen) atoms. The number of hydrogen-bond acceptors (Lipinski definition) is 3. The number of rotatable bonds is 4. The Hall–Kier alpha value is -0.990. The van der Waals surface area contributed by atoms with Gasteiger partial charge in [0.25, 0.3) is 5.60 Å². The third-order valence-electron chi connectivity index (χ3n) is 8.99. The molecule has 4 aliphatic carbocycles. The van der Waals surface area contributed by atoms with E-state index in [1.54, 1.807) is 0 Å². The fourth-order valence-corrected chi connectivity index (χ4v) is 7.13. The summed E-state index contributed by atoms with van der Waals surface area (Å²) >= 11 is 0. The Bertz CT molecular complexity index is 687. The molecular weight excluding hydrogens is 438 g/mol. The highest BCUT2D eigenvalue weighted by atomic mass is 19.4. The van der Waals surface area contributed by atoms with Crippen LogP contribution in [0.2, 0.25) is 0 Å². The molecule has 0 aromatic heterocycles. The molecule has 0 aromatic rings. The summed E-state index contributed by atoms with van der Waals surface area (Å²) in [5.74, 6) is 1.40. The van der Waals surface area contributed by atoms with Gasteiger partial charge in [0.2, 0.25) is 0 Å². The minimum atomic E-state index is -5.68. The smallest absolute Gasteiger partial charge is 0.426 e. The lowest BCUT2D eigenvalue weighted by Crippen LogP contribution is -2.58. The molecule has 0 saturated heterocycles. The Morgan fingerprint density at radius 3 is 1.88 bits per heavy atom. The number of methoxy groups -OCH3 is 1. The quantitative estimate of drug-likeness (QED) is 0.303. The molecule has 4 bridgehead atoms. The van der Waals surface area contributed by atoms with Crippen LogP contribution < -0.4 is 0 Å². The van der Waals surface area contributed by atoms with Crippen LogP contribution in [0.1, 0.15) is 65.7 Å². The average molecular weight is 473 g/mol. The molecule has 7 unspecified atom stereocenters. The average Bonchev–Trinajstić information content (AvgIpc) is 3.45. The number of alkyl halides is 6. The first-order valence-corrected chi connectivity index (χ1v) is 11.5. The second kappa shape index (κ2) is 8.35. The van der Waals surface area contributed by atoms with E-state index < -0.39 is 30.3 Å². The first-order valence-electron chi connectivity index (χ1n) is 11.5. The predicted octanol–water partition coefficient (Wildman–Crippen LogP) is 6.15. The van der Waals surface area contributed by atoms with Crippen molar-refractivity contribution < 1.29 is 41.0 Å². The van der Waals surface area contributed by atoms with E-state index in [9.17, 15) is 36.2 Å². The number of esters is 1. The highest BCUT2D eigenvalue weighted by Gasteiger charge is 2.72. The van der Waals surface area contributed by atoms with Gasteiger partial charge in [0.15, 0.2) is 0 Å². The Morgan fingerprint density at radius 1 is 0.906 bits per heavy atom. The minimum absolute atomic E-state index is 0.0588. The molecule has 0 aliphatic heterocycles. The number of aliphatic hydroxyl groups is 1. The van der Waals surface area contributed by atoms with Crippen LogP contribution in [-0.4, -0.2) is 36.1 Å². The molecule has 4 aliphatic rings. The van der Waals surface area contributed by atoms with Gasteiger partial charge in [0, 0.05) is 0 Å². The van der Waals surface area contributed by atoms with Crippen LogP contribution in [0.5, 0.6) is 0 Å². The summed E-state index contributed by atoms with van der Waals surface area (Å²) in [6, 6.07) is 0. The molecule has 0 aromatic carbocycles. The summed E-state index contributed by atoms with van der Waals surface area (Å²) in [7, 11) is 1.42. The van der Waals surface area contributed by atoms with Crippen LogP contribution in [0.25, 0.3) is 0 Å². The second-order valence-corrected chi connectivity index (χ2v) is 10.9. The molecule has 9 heteroatoms. The van der Waals surface area contributed by atoms with Crippen molar-refractivity contribution in [2.24, 2.45) is 46.8 Å². The monoisotopic (exact) mass is 472 g/mol. The topological polar surface area (TPSA) is 46.5 Å². The first-order chi connectivity index (χ1) is 14.6. The van der Waals surface area contributed by atoms with Crippen LogP contribution in [-0.2, 0) is 9.53 Å². The predicted molar refractivity (Wildman–Crippen MR) is 105 cm³/mol. The second-order valence-electron chi connectivity index (χ2n) is 10.9. The summed E-state index contributed by atoms with van der Waals surface area (Å²) in [6.45, 7) is 5.72. The van der Waals surface area contributed by atoms with E-state index in [0.29, 0.717) is 30.1 Å². The number of ether oxygens (including phenoxy) is 1. The van der Waals surface area contributed by atoms with Crippen molar-refractivity contribution in [1.82, 2.24) is 0 Å². The summed E-state index contributed by atoms with van der Waals surface area (Å²) in [5, 5.41) is 9.50. The SMILES string of the molecule is CCC(C)(C)C(=O)OC.OC(CC1CC2CC1C1C3CCC(C3)C21)(C(F)(F)F)C(F)(F)F. The number of halogens is 6. The lowest BCUT2D eigenvalue weighted by Gasteiger charge is -2.42. The largest absolute Gasteiger partial charge is 0.469 e. The molecule has 0 amide bonds. The van der Waals surface area contributed by atoms with Crippen molar-refractivity contribution in [3.63, 3.8) is 0 Å². The molecule has 0 radical (unpaired) electrons.